The Morgan fingerprint density at radius 2 is 1.89 bits per heavy atom. The van der Waals surface area contributed by atoms with Crippen molar-refractivity contribution < 1.29 is 5.11 Å². The monoisotopic (exact) mass is 384 g/mol. The Balaban J connectivity index is 1.69. The topological polar surface area (TPSA) is 63.0 Å². The quantitative estimate of drug-likeness (QED) is 0.685. The number of aliphatic hydroxyl groups is 1. The number of nitrogens with zero attached hydrogens (tertiary/aromatic N) is 3. The Kier molecular flexibility index (Phi) is 6.19. The van der Waals surface area contributed by atoms with Gasteiger partial charge < -0.3 is 15.0 Å². The van der Waals surface area contributed by atoms with Crippen molar-refractivity contribution in [3.05, 3.63) is 18.0 Å². The van der Waals surface area contributed by atoms with E-state index < -0.39 is 0 Å². The van der Waals surface area contributed by atoms with Crippen LogP contribution in [0.3, 0.4) is 0 Å². The molecule has 2 aliphatic rings. The van der Waals surface area contributed by atoms with Gasteiger partial charge in [0, 0.05) is 29.9 Å². The van der Waals surface area contributed by atoms with Gasteiger partial charge in [0.1, 0.15) is 5.65 Å². The van der Waals surface area contributed by atoms with Crippen molar-refractivity contribution in [3.8, 4) is 0 Å². The molecule has 2 saturated carbocycles. The minimum absolute atomic E-state index is 0.127. The molecule has 2 aromatic rings. The van der Waals surface area contributed by atoms with Gasteiger partial charge in [0.25, 0.3) is 0 Å². The zero-order valence-corrected chi connectivity index (χ0v) is 17.5. The fourth-order valence-electron chi connectivity index (χ4n) is 5.20. The second-order valence-corrected chi connectivity index (χ2v) is 9.05. The van der Waals surface area contributed by atoms with Crippen molar-refractivity contribution in [1.82, 2.24) is 14.5 Å². The van der Waals surface area contributed by atoms with Crippen molar-refractivity contribution in [2.75, 3.05) is 5.32 Å². The lowest BCUT2D eigenvalue weighted by atomic mass is 9.84. The summed E-state index contributed by atoms with van der Waals surface area (Å²) in [5.74, 6) is 1.40. The average molecular weight is 385 g/mol. The minimum Gasteiger partial charge on any atom is -0.393 e. The lowest BCUT2D eigenvalue weighted by molar-refractivity contribution is 0.111. The van der Waals surface area contributed by atoms with Crippen LogP contribution in [0.2, 0.25) is 0 Å². The van der Waals surface area contributed by atoms with Gasteiger partial charge in [-0.15, -0.1) is 0 Å². The molecule has 2 aliphatic carbocycles. The highest BCUT2D eigenvalue weighted by molar-refractivity contribution is 5.81. The Hall–Kier alpha value is -1.62. The summed E-state index contributed by atoms with van der Waals surface area (Å²) in [6.07, 6.45) is 17.1. The molecule has 4 rings (SSSR count). The smallest absolute Gasteiger partial charge is 0.224 e. The predicted octanol–water partition coefficient (Wildman–Crippen LogP) is 5.56. The average Bonchev–Trinajstić information content (AvgIpc) is 3.08. The van der Waals surface area contributed by atoms with E-state index in [2.05, 4.69) is 41.1 Å². The van der Waals surface area contributed by atoms with Crippen LogP contribution in [0.5, 0.6) is 0 Å². The zero-order chi connectivity index (χ0) is 19.5. The van der Waals surface area contributed by atoms with Crippen LogP contribution in [-0.4, -0.2) is 31.8 Å². The molecule has 0 aromatic carbocycles. The fraction of sp³-hybridized carbons (Fsp3) is 0.739. The van der Waals surface area contributed by atoms with Gasteiger partial charge in [0.15, 0.2) is 0 Å². The van der Waals surface area contributed by atoms with E-state index in [9.17, 15) is 5.11 Å². The standard InChI is InChI=1S/C23H36N4O/c1-3-7-16(2)25-23-24-14-20-21(17-8-5-4-6-9-17)15-27(22(20)26-23)18-10-12-19(28)13-11-18/h14-19,28H,3-13H2,1-2H3,(H,24,25,26)/t16-,18?,19?/m0/s1. The van der Waals surface area contributed by atoms with Gasteiger partial charge in [-0.3, -0.25) is 0 Å². The second-order valence-electron chi connectivity index (χ2n) is 9.05. The normalized spacial score (nSPS) is 25.1. The van der Waals surface area contributed by atoms with E-state index in [0.717, 1.165) is 50.1 Å². The van der Waals surface area contributed by atoms with Crippen molar-refractivity contribution in [1.29, 1.82) is 0 Å². The zero-order valence-electron chi connectivity index (χ0n) is 17.5. The molecule has 0 aliphatic heterocycles. The lowest BCUT2D eigenvalue weighted by Gasteiger charge is -2.27. The van der Waals surface area contributed by atoms with Gasteiger partial charge in [-0.2, -0.15) is 4.98 Å². The molecule has 2 heterocycles. The molecule has 0 spiro atoms. The van der Waals surface area contributed by atoms with Crippen LogP contribution < -0.4 is 5.32 Å². The maximum absolute atomic E-state index is 9.95. The van der Waals surface area contributed by atoms with Crippen molar-refractivity contribution in [3.63, 3.8) is 0 Å². The number of rotatable bonds is 6. The fourth-order valence-corrected chi connectivity index (χ4v) is 5.20. The van der Waals surface area contributed by atoms with Crippen LogP contribution >= 0.6 is 0 Å². The molecule has 5 heteroatoms. The van der Waals surface area contributed by atoms with Gasteiger partial charge in [0.2, 0.25) is 5.95 Å². The molecule has 0 unspecified atom stereocenters. The van der Waals surface area contributed by atoms with E-state index in [1.54, 1.807) is 0 Å². The molecule has 2 aromatic heterocycles. The summed E-state index contributed by atoms with van der Waals surface area (Å²) in [7, 11) is 0. The molecule has 0 bridgehead atoms. The largest absolute Gasteiger partial charge is 0.393 e. The minimum atomic E-state index is -0.127. The van der Waals surface area contributed by atoms with Crippen LogP contribution in [0.1, 0.15) is 102 Å². The summed E-state index contributed by atoms with van der Waals surface area (Å²) < 4.78 is 2.42. The first-order valence-electron chi connectivity index (χ1n) is 11.5. The molecule has 2 fully saturated rings. The van der Waals surface area contributed by atoms with Gasteiger partial charge in [0.05, 0.1) is 6.10 Å². The van der Waals surface area contributed by atoms with Crippen LogP contribution in [0.25, 0.3) is 11.0 Å². The summed E-state index contributed by atoms with van der Waals surface area (Å²) in [5.41, 5.74) is 2.54. The van der Waals surface area contributed by atoms with Crippen LogP contribution in [-0.2, 0) is 0 Å². The number of hydrogen-bond donors (Lipinski definition) is 2. The van der Waals surface area contributed by atoms with Crippen molar-refractivity contribution in [2.45, 2.75) is 109 Å². The summed E-state index contributed by atoms with van der Waals surface area (Å²) in [6.45, 7) is 4.41. The third-order valence-corrected chi connectivity index (χ3v) is 6.80. The molecule has 0 amide bonds. The number of hydrogen-bond acceptors (Lipinski definition) is 4. The molecular weight excluding hydrogens is 348 g/mol. The summed E-state index contributed by atoms with van der Waals surface area (Å²) >= 11 is 0. The highest BCUT2D eigenvalue weighted by Crippen LogP contribution is 2.40. The Morgan fingerprint density at radius 1 is 1.14 bits per heavy atom. The first kappa shape index (κ1) is 19.7. The molecule has 5 nitrogen and oxygen atoms in total. The molecule has 0 radical (unpaired) electrons. The SMILES string of the molecule is CCC[C@H](C)Nc1ncc2c(C3CCCCC3)cn(C3CCC(O)CC3)c2n1. The maximum Gasteiger partial charge on any atom is 0.224 e. The van der Waals surface area contributed by atoms with Crippen molar-refractivity contribution in [2.24, 2.45) is 0 Å². The highest BCUT2D eigenvalue weighted by Gasteiger charge is 2.27. The molecule has 154 valence electrons. The van der Waals surface area contributed by atoms with Crippen LogP contribution in [0.15, 0.2) is 12.4 Å². The lowest BCUT2D eigenvalue weighted by Crippen LogP contribution is -2.21. The molecule has 1 atom stereocenters. The van der Waals surface area contributed by atoms with E-state index in [4.69, 9.17) is 4.98 Å². The number of fused-ring (bicyclic) bond motifs is 1. The third kappa shape index (κ3) is 4.19. The number of anilines is 1. The van der Waals surface area contributed by atoms with Gasteiger partial charge in [-0.25, -0.2) is 4.98 Å². The van der Waals surface area contributed by atoms with Gasteiger partial charge >= 0.3 is 0 Å². The Morgan fingerprint density at radius 3 is 2.61 bits per heavy atom. The predicted molar refractivity (Wildman–Crippen MR) is 115 cm³/mol. The molecule has 28 heavy (non-hydrogen) atoms. The highest BCUT2D eigenvalue weighted by atomic mass is 16.3. The van der Waals surface area contributed by atoms with Crippen LogP contribution in [0, 0.1) is 0 Å². The number of aliphatic hydroxyl groups excluding tert-OH is 1. The van der Waals surface area contributed by atoms with Gasteiger partial charge in [-0.05, 0) is 63.4 Å². The number of aromatic nitrogens is 3. The Labute approximate surface area is 169 Å². The molecular formula is C23H36N4O. The van der Waals surface area contributed by atoms with Crippen LogP contribution in [0.4, 0.5) is 5.95 Å². The number of nitrogens with one attached hydrogen (secondary N) is 1. The summed E-state index contributed by atoms with van der Waals surface area (Å²) in [6, 6.07) is 0.826. The van der Waals surface area contributed by atoms with E-state index in [-0.39, 0.29) is 6.10 Å². The summed E-state index contributed by atoms with van der Waals surface area (Å²) in [4.78, 5) is 9.66. The first-order valence-corrected chi connectivity index (χ1v) is 11.5. The summed E-state index contributed by atoms with van der Waals surface area (Å²) in [5, 5.41) is 14.7. The third-order valence-electron chi connectivity index (χ3n) is 6.80. The first-order chi connectivity index (χ1) is 13.7. The van der Waals surface area contributed by atoms with Gasteiger partial charge in [-0.1, -0.05) is 32.6 Å². The molecule has 0 saturated heterocycles. The second kappa shape index (κ2) is 8.81. The molecule has 2 N–H and O–H groups in total. The van der Waals surface area contributed by atoms with Crippen molar-refractivity contribution >= 4 is 17.0 Å². The van der Waals surface area contributed by atoms with E-state index >= 15 is 0 Å². The van der Waals surface area contributed by atoms with E-state index in [0.29, 0.717) is 18.0 Å². The van der Waals surface area contributed by atoms with E-state index in [1.807, 2.05) is 0 Å². The Bertz CT molecular complexity index is 772. The van der Waals surface area contributed by atoms with E-state index in [1.165, 1.54) is 43.1 Å². The maximum atomic E-state index is 9.95.